The van der Waals surface area contributed by atoms with E-state index in [1.807, 2.05) is 6.92 Å². The number of hydrogen-bond acceptors (Lipinski definition) is 7. The summed E-state index contributed by atoms with van der Waals surface area (Å²) in [5.41, 5.74) is 1.59. The molecule has 34 heavy (non-hydrogen) atoms. The van der Waals surface area contributed by atoms with Gasteiger partial charge in [0, 0.05) is 30.2 Å². The molecule has 1 amide bonds. The van der Waals surface area contributed by atoms with Gasteiger partial charge in [0.05, 0.1) is 48.1 Å². The first kappa shape index (κ1) is 24.7. The fraction of sp³-hybridized carbons (Fsp3) is 0.273. The Hall–Kier alpha value is -3.93. The van der Waals surface area contributed by atoms with E-state index in [9.17, 15) is 18.0 Å². The number of nitrogens with one attached hydrogen (secondary N) is 2. The lowest BCUT2D eigenvalue weighted by molar-refractivity contribution is -0.138. The summed E-state index contributed by atoms with van der Waals surface area (Å²) in [7, 11) is 2.90. The molecule has 0 atom stereocenters. The van der Waals surface area contributed by atoms with Gasteiger partial charge in [0.2, 0.25) is 0 Å². The van der Waals surface area contributed by atoms with Gasteiger partial charge in [-0.25, -0.2) is 5.84 Å². The number of halogens is 3. The predicted molar refractivity (Wildman–Crippen MR) is 121 cm³/mol. The third-order valence-electron chi connectivity index (χ3n) is 5.28. The first-order chi connectivity index (χ1) is 15.9. The Kier molecular flexibility index (Phi) is 6.91. The number of anilines is 2. The number of rotatable bonds is 7. The van der Waals surface area contributed by atoms with Crippen LogP contribution in [0.1, 0.15) is 32.9 Å². The van der Waals surface area contributed by atoms with Gasteiger partial charge in [0.25, 0.3) is 5.91 Å². The molecule has 0 aliphatic heterocycles. The van der Waals surface area contributed by atoms with Crippen molar-refractivity contribution in [2.24, 2.45) is 12.9 Å². The number of carbonyl (C=O) groups excluding carboxylic acids is 1. The molecule has 180 valence electrons. The number of methoxy groups -OCH3 is 1. The van der Waals surface area contributed by atoms with E-state index >= 15 is 0 Å². The highest BCUT2D eigenvalue weighted by molar-refractivity contribution is 6.05. The van der Waals surface area contributed by atoms with Crippen LogP contribution in [0, 0.1) is 19.3 Å². The number of carbonyl (C=O) groups is 1. The molecule has 3 rings (SSSR count). The number of aromatic nitrogens is 3. The molecule has 2 heterocycles. The number of benzene rings is 1. The number of pyridine rings is 1. The molecule has 0 saturated carbocycles. The second-order valence-corrected chi connectivity index (χ2v) is 7.57. The predicted octanol–water partition coefficient (Wildman–Crippen LogP) is 3.46. The van der Waals surface area contributed by atoms with E-state index in [4.69, 9.17) is 16.0 Å². The number of nitrogens with two attached hydrogens (primary N) is 1. The van der Waals surface area contributed by atoms with Crippen molar-refractivity contribution >= 4 is 23.0 Å². The van der Waals surface area contributed by atoms with Crippen LogP contribution in [0.25, 0.3) is 0 Å². The maximum atomic E-state index is 13.3. The van der Waals surface area contributed by atoms with E-state index in [1.165, 1.54) is 23.3 Å². The maximum absolute atomic E-state index is 13.3. The molecule has 0 unspecified atom stereocenters. The summed E-state index contributed by atoms with van der Waals surface area (Å²) < 4.78 is 46.2. The Morgan fingerprint density at radius 1 is 1.26 bits per heavy atom. The molecular formula is C22H24F3N7O2. The topological polar surface area (TPSA) is 122 Å². The fourth-order valence-corrected chi connectivity index (χ4v) is 3.28. The summed E-state index contributed by atoms with van der Waals surface area (Å²) in [6.45, 7) is 3.54. The second-order valence-electron chi connectivity index (χ2n) is 7.57. The highest BCUT2D eigenvalue weighted by atomic mass is 19.4. The molecular weight excluding hydrogens is 451 g/mol. The number of ether oxygens (including phenoxy) is 1. The summed E-state index contributed by atoms with van der Waals surface area (Å²) in [4.78, 5) is 16.9. The normalized spacial score (nSPS) is 11.3. The van der Waals surface area contributed by atoms with Crippen LogP contribution in [0.2, 0.25) is 0 Å². The molecule has 3 aromatic rings. The first-order valence-electron chi connectivity index (χ1n) is 10.0. The summed E-state index contributed by atoms with van der Waals surface area (Å²) in [5, 5.41) is 16.2. The Bertz CT molecular complexity index is 1240. The zero-order valence-electron chi connectivity index (χ0n) is 19.0. The van der Waals surface area contributed by atoms with Crippen LogP contribution in [0.4, 0.5) is 24.5 Å². The van der Waals surface area contributed by atoms with Crippen molar-refractivity contribution < 1.29 is 22.7 Å². The summed E-state index contributed by atoms with van der Waals surface area (Å²) in [5.74, 6) is 5.15. The number of hydrazine groups is 1. The lowest BCUT2D eigenvalue weighted by Gasteiger charge is -2.21. The van der Waals surface area contributed by atoms with E-state index in [2.05, 4.69) is 15.4 Å². The quantitative estimate of drug-likeness (QED) is 0.273. The van der Waals surface area contributed by atoms with Gasteiger partial charge in [0.1, 0.15) is 5.75 Å². The van der Waals surface area contributed by atoms with Crippen LogP contribution in [-0.2, 0) is 13.2 Å². The van der Waals surface area contributed by atoms with E-state index in [0.717, 1.165) is 24.9 Å². The van der Waals surface area contributed by atoms with Crippen LogP contribution in [0.15, 0.2) is 36.7 Å². The van der Waals surface area contributed by atoms with Crippen molar-refractivity contribution in [3.8, 4) is 5.75 Å². The van der Waals surface area contributed by atoms with Gasteiger partial charge in [0.15, 0.2) is 0 Å². The average molecular weight is 475 g/mol. The molecule has 1 aromatic carbocycles. The molecule has 12 heteroatoms. The zero-order chi connectivity index (χ0) is 25.2. The van der Waals surface area contributed by atoms with Crippen molar-refractivity contribution in [2.45, 2.75) is 20.0 Å². The van der Waals surface area contributed by atoms with E-state index in [0.29, 0.717) is 16.9 Å². The van der Waals surface area contributed by atoms with Gasteiger partial charge in [-0.1, -0.05) is 0 Å². The molecule has 0 spiro atoms. The molecule has 0 bridgehead atoms. The summed E-state index contributed by atoms with van der Waals surface area (Å²) in [6.07, 6.45) is -1.78. The van der Waals surface area contributed by atoms with E-state index in [-0.39, 0.29) is 29.3 Å². The minimum Gasteiger partial charge on any atom is -0.496 e. The zero-order valence-corrected chi connectivity index (χ0v) is 19.0. The van der Waals surface area contributed by atoms with Crippen molar-refractivity contribution in [3.63, 3.8) is 0 Å². The minimum absolute atomic E-state index is 0.0214. The SMILES string of the molecule is COc1ccc(NC(=O)c2cnc(C)c(N(N)CC(=N)c3cnn(C)c3C)c2)cc1C(F)(F)F. The van der Waals surface area contributed by atoms with Crippen LogP contribution < -0.4 is 20.9 Å². The van der Waals surface area contributed by atoms with Crippen molar-refractivity contribution in [2.75, 3.05) is 24.0 Å². The molecule has 4 N–H and O–H groups in total. The third kappa shape index (κ3) is 5.17. The van der Waals surface area contributed by atoms with Crippen LogP contribution in [0.5, 0.6) is 5.75 Å². The minimum atomic E-state index is -4.65. The number of alkyl halides is 3. The molecule has 9 nitrogen and oxygen atoms in total. The standard InChI is InChI=1S/C22H24F3N7O2/c1-12-19(32(27)11-18(26)16-10-29-31(3)13(16)2)7-14(9-28-12)21(33)30-15-5-6-20(34-4)17(8-15)22(23,24)25/h5-10,26H,11,27H2,1-4H3,(H,30,33). The van der Waals surface area contributed by atoms with Crippen LogP contribution >= 0.6 is 0 Å². The fourth-order valence-electron chi connectivity index (χ4n) is 3.28. The van der Waals surface area contributed by atoms with Gasteiger partial charge >= 0.3 is 6.18 Å². The molecule has 2 aromatic heterocycles. The number of amides is 1. The Balaban J connectivity index is 1.81. The second kappa shape index (κ2) is 9.51. The smallest absolute Gasteiger partial charge is 0.420 e. The molecule has 0 aliphatic rings. The van der Waals surface area contributed by atoms with Gasteiger partial charge in [-0.05, 0) is 38.1 Å². The highest BCUT2D eigenvalue weighted by Gasteiger charge is 2.34. The van der Waals surface area contributed by atoms with Gasteiger partial charge in [-0.3, -0.25) is 14.5 Å². The first-order valence-corrected chi connectivity index (χ1v) is 10.0. The number of hydrogen-bond donors (Lipinski definition) is 3. The van der Waals surface area contributed by atoms with Crippen molar-refractivity contribution in [1.29, 1.82) is 5.41 Å². The third-order valence-corrected chi connectivity index (χ3v) is 5.28. The lowest BCUT2D eigenvalue weighted by atomic mass is 10.1. The van der Waals surface area contributed by atoms with E-state index < -0.39 is 17.6 Å². The molecule has 0 saturated heterocycles. The van der Waals surface area contributed by atoms with Gasteiger partial charge < -0.3 is 20.5 Å². The van der Waals surface area contributed by atoms with Gasteiger partial charge in [-0.15, -0.1) is 0 Å². The highest BCUT2D eigenvalue weighted by Crippen LogP contribution is 2.37. The van der Waals surface area contributed by atoms with Crippen LogP contribution in [0.3, 0.4) is 0 Å². The number of aryl methyl sites for hydroxylation is 2. The Labute approximate surface area is 193 Å². The van der Waals surface area contributed by atoms with Crippen LogP contribution in [-0.4, -0.2) is 40.0 Å². The largest absolute Gasteiger partial charge is 0.496 e. The summed E-state index contributed by atoms with van der Waals surface area (Å²) in [6, 6.07) is 4.70. The molecule has 0 aliphatic carbocycles. The Morgan fingerprint density at radius 3 is 2.56 bits per heavy atom. The van der Waals surface area contributed by atoms with E-state index in [1.54, 1.807) is 24.9 Å². The van der Waals surface area contributed by atoms with Crippen molar-refractivity contribution in [3.05, 3.63) is 64.7 Å². The van der Waals surface area contributed by atoms with Gasteiger partial charge in [-0.2, -0.15) is 18.3 Å². The number of nitrogens with zero attached hydrogens (tertiary/aromatic N) is 4. The maximum Gasteiger partial charge on any atom is 0.420 e. The molecule has 0 radical (unpaired) electrons. The summed E-state index contributed by atoms with van der Waals surface area (Å²) >= 11 is 0. The average Bonchev–Trinajstić information content (AvgIpc) is 3.11. The van der Waals surface area contributed by atoms with Crippen molar-refractivity contribution in [1.82, 2.24) is 14.8 Å². The Morgan fingerprint density at radius 2 is 1.97 bits per heavy atom. The molecule has 0 fully saturated rings. The lowest BCUT2D eigenvalue weighted by Crippen LogP contribution is -2.37. The monoisotopic (exact) mass is 475 g/mol.